The number of nitrogen functional groups attached to an aromatic ring is 1. The fourth-order valence-electron chi connectivity index (χ4n) is 9.44. The van der Waals surface area contributed by atoms with Crippen LogP contribution >= 0.6 is 0 Å². The van der Waals surface area contributed by atoms with E-state index < -0.39 is 29.7 Å². The second-order valence-electron chi connectivity index (χ2n) is 16.7. The molecule has 1 unspecified atom stereocenters. The van der Waals surface area contributed by atoms with Crippen molar-refractivity contribution >= 4 is 52.1 Å². The van der Waals surface area contributed by atoms with Gasteiger partial charge in [-0.2, -0.15) is 0 Å². The molecule has 64 heavy (non-hydrogen) atoms. The predicted molar refractivity (Wildman–Crippen MR) is 239 cm³/mol. The number of piperazine rings is 1. The first-order chi connectivity index (χ1) is 31.2. The number of hydrogen-bond donors (Lipinski definition) is 4. The summed E-state index contributed by atoms with van der Waals surface area (Å²) in [5.41, 5.74) is 9.98. The van der Waals surface area contributed by atoms with Crippen molar-refractivity contribution in [1.29, 1.82) is 0 Å². The van der Waals surface area contributed by atoms with Gasteiger partial charge in [0.25, 0.3) is 11.8 Å². The van der Waals surface area contributed by atoms with E-state index in [9.17, 15) is 24.0 Å². The normalized spacial score (nSPS) is 20.6. The lowest BCUT2D eigenvalue weighted by atomic mass is 9.89. The number of nitrogens with two attached hydrogens (primary N) is 1. The zero-order valence-electron chi connectivity index (χ0n) is 35.5. The molecule has 0 spiro atoms. The third kappa shape index (κ3) is 9.04. The van der Waals surface area contributed by atoms with E-state index in [4.69, 9.17) is 20.2 Å². The number of rotatable bonds is 15. The van der Waals surface area contributed by atoms with Gasteiger partial charge < -0.3 is 30.4 Å². The lowest BCUT2D eigenvalue weighted by Crippen LogP contribution is -2.54. The molecule has 17 heteroatoms. The molecule has 0 bridgehead atoms. The molecule has 0 radical (unpaired) electrons. The molecule has 1 saturated carbocycles. The summed E-state index contributed by atoms with van der Waals surface area (Å²) in [5.74, 6) is -0.614. The van der Waals surface area contributed by atoms with Gasteiger partial charge in [-0.15, -0.1) is 0 Å². The lowest BCUT2D eigenvalue weighted by molar-refractivity contribution is -0.136. The number of amides is 5. The molecule has 9 rings (SSSR count). The molecule has 3 aromatic carbocycles. The number of benzene rings is 3. The van der Waals surface area contributed by atoms with E-state index >= 15 is 0 Å². The molecule has 5 amide bonds. The van der Waals surface area contributed by atoms with Crippen LogP contribution in [-0.4, -0.2) is 130 Å². The Hall–Kier alpha value is -6.69. The van der Waals surface area contributed by atoms with Crippen LogP contribution in [0.15, 0.2) is 85.3 Å². The number of hydrogen-bond acceptors (Lipinski definition) is 13. The first kappa shape index (κ1) is 42.6. The number of piperidine rings is 1. The summed E-state index contributed by atoms with van der Waals surface area (Å²) < 4.78 is 14.2. The molecule has 17 nitrogen and oxygen atoms in total. The Bertz CT molecular complexity index is 2530. The zero-order chi connectivity index (χ0) is 44.2. The summed E-state index contributed by atoms with van der Waals surface area (Å²) in [6.45, 7) is 5.91. The highest BCUT2D eigenvalue weighted by Crippen LogP contribution is 2.40. The molecule has 5 N–H and O–H groups in total. The highest BCUT2D eigenvalue weighted by atomic mass is 16.5. The van der Waals surface area contributed by atoms with Gasteiger partial charge in [-0.25, -0.2) is 9.97 Å². The fraction of sp³-hybridized carbons (Fsp3) is 0.383. The van der Waals surface area contributed by atoms with E-state index in [1.807, 2.05) is 42.5 Å². The maximum Gasteiger partial charge on any atom is 0.264 e. The Morgan fingerprint density at radius 1 is 0.797 bits per heavy atom. The summed E-state index contributed by atoms with van der Waals surface area (Å²) in [5, 5.41) is 8.86. The highest BCUT2D eigenvalue weighted by Gasteiger charge is 2.45. The minimum absolute atomic E-state index is 0.0353. The molecule has 1 aliphatic carbocycles. The van der Waals surface area contributed by atoms with Crippen molar-refractivity contribution in [3.8, 4) is 22.6 Å². The van der Waals surface area contributed by atoms with Crippen LogP contribution in [0, 0.1) is 0 Å². The third-order valence-electron chi connectivity index (χ3n) is 12.8. The van der Waals surface area contributed by atoms with Crippen LogP contribution in [0.1, 0.15) is 65.3 Å². The van der Waals surface area contributed by atoms with Crippen LogP contribution < -0.4 is 26.4 Å². The molecule has 1 atom stereocenters. The largest absolute Gasteiger partial charge is 0.457 e. The second-order valence-corrected chi connectivity index (χ2v) is 16.7. The summed E-state index contributed by atoms with van der Waals surface area (Å²) in [4.78, 5) is 78.1. The predicted octanol–water partition coefficient (Wildman–Crippen LogP) is 4.22. The number of carbonyl (C=O) groups is 5. The van der Waals surface area contributed by atoms with E-state index in [1.54, 1.807) is 18.5 Å². The number of para-hydroxylation sites is 1. The summed E-state index contributed by atoms with van der Waals surface area (Å²) >= 11 is 0. The topological polar surface area (TPSA) is 206 Å². The van der Waals surface area contributed by atoms with Crippen molar-refractivity contribution in [1.82, 2.24) is 39.9 Å². The van der Waals surface area contributed by atoms with Crippen LogP contribution in [0.4, 0.5) is 11.5 Å². The molecule has 2 aromatic heterocycles. The van der Waals surface area contributed by atoms with E-state index in [0.717, 1.165) is 97.0 Å². The second kappa shape index (κ2) is 19.0. The Balaban J connectivity index is 0.680. The molecule has 5 heterocycles. The van der Waals surface area contributed by atoms with Gasteiger partial charge in [-0.05, 0) is 74.1 Å². The molecule has 2 saturated heterocycles. The number of nitrogens with zero attached hydrogens (tertiary/aromatic N) is 6. The lowest BCUT2D eigenvalue weighted by Gasteiger charge is -2.42. The van der Waals surface area contributed by atoms with Gasteiger partial charge in [-0.3, -0.25) is 44.0 Å². The van der Waals surface area contributed by atoms with Crippen molar-refractivity contribution in [2.75, 3.05) is 70.1 Å². The Morgan fingerprint density at radius 3 is 2.31 bits per heavy atom. The van der Waals surface area contributed by atoms with Gasteiger partial charge in [0.1, 0.15) is 35.3 Å². The number of carbonyl (C=O) groups excluding carboxylic acids is 5. The van der Waals surface area contributed by atoms with Gasteiger partial charge in [-0.1, -0.05) is 36.4 Å². The quantitative estimate of drug-likeness (QED) is 0.0861. The van der Waals surface area contributed by atoms with Crippen LogP contribution in [0.3, 0.4) is 0 Å². The Morgan fingerprint density at radius 2 is 1.55 bits per heavy atom. The van der Waals surface area contributed by atoms with E-state index in [-0.39, 0.29) is 36.4 Å². The maximum absolute atomic E-state index is 13.3. The summed E-state index contributed by atoms with van der Waals surface area (Å²) in [7, 11) is 0. The molecule has 5 aromatic rings. The van der Waals surface area contributed by atoms with E-state index in [1.165, 1.54) is 6.07 Å². The minimum atomic E-state index is -1.06. The smallest absolute Gasteiger partial charge is 0.264 e. The maximum atomic E-state index is 13.3. The average Bonchev–Trinajstić information content (AvgIpc) is 3.83. The molecule has 3 aliphatic heterocycles. The highest BCUT2D eigenvalue weighted by molar-refractivity contribution is 6.25. The van der Waals surface area contributed by atoms with Crippen LogP contribution in [-0.2, 0) is 19.1 Å². The standard InChI is InChI=1S/C47H52N10O7/c48-43-42-36(30-9-15-34(16-10-30)64-33-5-2-1-3-6-33)28-56(44(42)52-29-51-43)32-13-11-31(12-14-32)55-22-20-54(21-23-55)24-26-63-25-19-49-40(59)27-50-37-8-4-7-35-41(37)47(62)57(46(35)61)38-17-18-39(58)53-45(38)60/h1-10,15-16,28-29,31-32,38,50H,11-14,17-27H2,(H,49,59)(H2,48,51,52)(H,53,58,60)/t31-,32+,38?. The summed E-state index contributed by atoms with van der Waals surface area (Å²) in [6, 6.07) is 22.4. The van der Waals surface area contributed by atoms with Crippen molar-refractivity contribution < 1.29 is 33.4 Å². The first-order valence-corrected chi connectivity index (χ1v) is 22.1. The SMILES string of the molecule is Nc1ncnc2c1c(-c1ccc(Oc3ccccc3)cc1)cn2[C@H]1CC[C@@H](N2CCN(CCOCCNC(=O)CNc3cccc4c3C(=O)N(C3CCC(=O)NC3=O)C4=O)CC2)CC1. The van der Waals surface area contributed by atoms with Crippen LogP contribution in [0.25, 0.3) is 22.2 Å². The first-order valence-electron chi connectivity index (χ1n) is 22.1. The van der Waals surface area contributed by atoms with Gasteiger partial charge in [0.05, 0.1) is 36.3 Å². The van der Waals surface area contributed by atoms with Crippen LogP contribution in [0.5, 0.6) is 11.5 Å². The monoisotopic (exact) mass is 868 g/mol. The zero-order valence-corrected chi connectivity index (χ0v) is 35.5. The number of imide groups is 2. The number of anilines is 2. The fourth-order valence-corrected chi connectivity index (χ4v) is 9.44. The Labute approximate surface area is 370 Å². The van der Waals surface area contributed by atoms with Crippen molar-refractivity contribution in [3.05, 3.63) is 96.4 Å². The van der Waals surface area contributed by atoms with Gasteiger partial charge in [0.15, 0.2) is 0 Å². The van der Waals surface area contributed by atoms with E-state index in [0.29, 0.717) is 43.3 Å². The number of aromatic nitrogens is 3. The van der Waals surface area contributed by atoms with Crippen molar-refractivity contribution in [2.24, 2.45) is 0 Å². The molecular weight excluding hydrogens is 817 g/mol. The van der Waals surface area contributed by atoms with Crippen LogP contribution in [0.2, 0.25) is 0 Å². The van der Waals surface area contributed by atoms with E-state index in [2.05, 4.69) is 53.6 Å². The van der Waals surface area contributed by atoms with Crippen molar-refractivity contribution in [2.45, 2.75) is 56.7 Å². The number of ether oxygens (including phenoxy) is 2. The number of fused-ring (bicyclic) bond motifs is 2. The average molecular weight is 869 g/mol. The third-order valence-corrected chi connectivity index (χ3v) is 12.8. The Kier molecular flexibility index (Phi) is 12.6. The summed E-state index contributed by atoms with van der Waals surface area (Å²) in [6.07, 6.45) is 8.21. The molecule has 4 aliphatic rings. The van der Waals surface area contributed by atoms with Gasteiger partial charge >= 0.3 is 0 Å². The van der Waals surface area contributed by atoms with Gasteiger partial charge in [0, 0.05) is 75.2 Å². The number of nitrogens with one attached hydrogen (secondary N) is 3. The van der Waals surface area contributed by atoms with Gasteiger partial charge in [0.2, 0.25) is 17.7 Å². The van der Waals surface area contributed by atoms with Crippen molar-refractivity contribution in [3.63, 3.8) is 0 Å². The molecular formula is C47H52N10O7. The molecule has 332 valence electrons. The minimum Gasteiger partial charge on any atom is -0.457 e. The molecule has 3 fully saturated rings.